The molecule has 2 heterocycles. The number of rotatable bonds is 5. The van der Waals surface area contributed by atoms with Gasteiger partial charge >= 0.3 is 6.03 Å². The number of carbonyl (C=O) groups excluding carboxylic acids is 3. The maximum atomic E-state index is 13.1. The van der Waals surface area contributed by atoms with Crippen molar-refractivity contribution in [3.8, 4) is 11.1 Å². The van der Waals surface area contributed by atoms with E-state index >= 15 is 0 Å². The molecule has 1 fully saturated rings. The molecular weight excluding hydrogens is 406 g/mol. The maximum Gasteiger partial charge on any atom is 0.322 e. The van der Waals surface area contributed by atoms with Crippen LogP contribution < -0.4 is 16.0 Å². The lowest BCUT2D eigenvalue weighted by Crippen LogP contribution is -2.54. The van der Waals surface area contributed by atoms with E-state index in [0.29, 0.717) is 11.4 Å². The molecule has 3 N–H and O–H groups in total. The van der Waals surface area contributed by atoms with Crippen LogP contribution in [0, 0.1) is 0 Å². The standard InChI is InChI=1S/C21H18ClN5O3/c1-27-11-10-23-18(27)21(19(29)25-20(30)26-21)12-24-17(28)16-14(8-5-9-15(16)22)13-6-3-2-4-7-13/h2-11H,12H2,1H3,(H,24,28)(H2,25,26,29,30). The van der Waals surface area contributed by atoms with E-state index in [1.165, 1.54) is 6.20 Å². The number of aryl methyl sites for hydroxylation is 1. The summed E-state index contributed by atoms with van der Waals surface area (Å²) in [7, 11) is 1.70. The number of urea groups is 1. The Balaban J connectivity index is 1.67. The zero-order chi connectivity index (χ0) is 21.3. The minimum atomic E-state index is -1.53. The number of halogens is 1. The van der Waals surface area contributed by atoms with Gasteiger partial charge in [0.2, 0.25) is 0 Å². The number of benzene rings is 2. The third kappa shape index (κ3) is 3.31. The molecule has 4 rings (SSSR count). The van der Waals surface area contributed by atoms with E-state index in [4.69, 9.17) is 11.6 Å². The Kier molecular flexibility index (Phi) is 5.01. The molecule has 152 valence electrons. The van der Waals surface area contributed by atoms with Crippen LogP contribution in [0.15, 0.2) is 60.9 Å². The minimum Gasteiger partial charge on any atom is -0.349 e. The van der Waals surface area contributed by atoms with Gasteiger partial charge in [0.15, 0.2) is 5.54 Å². The van der Waals surface area contributed by atoms with Gasteiger partial charge in [-0.25, -0.2) is 9.78 Å². The molecule has 0 aliphatic carbocycles. The number of amides is 4. The Morgan fingerprint density at radius 2 is 1.93 bits per heavy atom. The second-order valence-electron chi connectivity index (χ2n) is 6.89. The van der Waals surface area contributed by atoms with E-state index in [0.717, 1.165) is 5.56 Å². The monoisotopic (exact) mass is 423 g/mol. The number of hydrogen-bond acceptors (Lipinski definition) is 4. The average Bonchev–Trinajstić information content (AvgIpc) is 3.29. The van der Waals surface area contributed by atoms with Crippen LogP contribution in [0.4, 0.5) is 4.79 Å². The SMILES string of the molecule is Cn1ccnc1C1(CNC(=O)c2c(Cl)cccc2-c2ccccc2)NC(=O)NC1=O. The summed E-state index contributed by atoms with van der Waals surface area (Å²) in [5, 5.41) is 7.84. The van der Waals surface area contributed by atoms with Gasteiger partial charge in [-0.1, -0.05) is 54.1 Å². The topological polar surface area (TPSA) is 105 Å². The van der Waals surface area contributed by atoms with Gasteiger partial charge in [-0.2, -0.15) is 0 Å². The number of nitrogens with one attached hydrogen (secondary N) is 3. The van der Waals surface area contributed by atoms with Crippen LogP contribution in [0.5, 0.6) is 0 Å². The van der Waals surface area contributed by atoms with E-state index in [1.807, 2.05) is 30.3 Å². The molecule has 0 bridgehead atoms. The van der Waals surface area contributed by atoms with Gasteiger partial charge in [-0.3, -0.25) is 14.9 Å². The molecule has 1 aliphatic rings. The highest BCUT2D eigenvalue weighted by atomic mass is 35.5. The van der Waals surface area contributed by atoms with Gasteiger partial charge in [-0.05, 0) is 17.2 Å². The van der Waals surface area contributed by atoms with Crippen molar-refractivity contribution in [1.29, 1.82) is 0 Å². The summed E-state index contributed by atoms with van der Waals surface area (Å²) in [4.78, 5) is 41.8. The summed E-state index contributed by atoms with van der Waals surface area (Å²) in [6, 6.07) is 13.9. The van der Waals surface area contributed by atoms with E-state index in [-0.39, 0.29) is 17.1 Å². The van der Waals surface area contributed by atoms with Crippen LogP contribution in [0.2, 0.25) is 5.02 Å². The molecule has 1 unspecified atom stereocenters. The Bertz CT molecular complexity index is 1140. The first kappa shape index (κ1) is 19.7. The van der Waals surface area contributed by atoms with Crippen molar-refractivity contribution < 1.29 is 14.4 Å². The molecule has 8 nitrogen and oxygen atoms in total. The van der Waals surface area contributed by atoms with Crippen molar-refractivity contribution in [2.45, 2.75) is 5.54 Å². The van der Waals surface area contributed by atoms with Crippen molar-refractivity contribution in [3.63, 3.8) is 0 Å². The molecule has 1 aliphatic heterocycles. The fraction of sp³-hybridized carbons (Fsp3) is 0.143. The highest BCUT2D eigenvalue weighted by molar-refractivity contribution is 6.34. The fourth-order valence-corrected chi connectivity index (χ4v) is 3.80. The van der Waals surface area contributed by atoms with Crippen molar-refractivity contribution in [2.75, 3.05) is 6.54 Å². The minimum absolute atomic E-state index is 0.201. The lowest BCUT2D eigenvalue weighted by molar-refractivity contribution is -0.124. The first-order chi connectivity index (χ1) is 14.4. The summed E-state index contributed by atoms with van der Waals surface area (Å²) in [5.41, 5.74) is 0.242. The van der Waals surface area contributed by atoms with Gasteiger partial charge in [-0.15, -0.1) is 0 Å². The number of aromatic nitrogens is 2. The summed E-state index contributed by atoms with van der Waals surface area (Å²) in [5.74, 6) is -0.764. The summed E-state index contributed by atoms with van der Waals surface area (Å²) < 4.78 is 1.61. The van der Waals surface area contributed by atoms with Gasteiger partial charge in [0.05, 0.1) is 17.1 Å². The van der Waals surface area contributed by atoms with Crippen molar-refractivity contribution >= 4 is 29.4 Å². The largest absolute Gasteiger partial charge is 0.349 e. The Morgan fingerprint density at radius 3 is 2.57 bits per heavy atom. The average molecular weight is 424 g/mol. The smallest absolute Gasteiger partial charge is 0.322 e. The third-order valence-electron chi connectivity index (χ3n) is 4.98. The van der Waals surface area contributed by atoms with E-state index < -0.39 is 23.4 Å². The molecule has 30 heavy (non-hydrogen) atoms. The van der Waals surface area contributed by atoms with Gasteiger partial charge in [0.1, 0.15) is 5.82 Å². The van der Waals surface area contributed by atoms with Gasteiger partial charge in [0.25, 0.3) is 11.8 Å². The molecule has 2 aromatic carbocycles. The summed E-state index contributed by atoms with van der Waals surface area (Å²) in [6.45, 7) is -0.201. The van der Waals surface area contributed by atoms with Crippen LogP contribution >= 0.6 is 11.6 Å². The first-order valence-electron chi connectivity index (χ1n) is 9.16. The zero-order valence-corrected chi connectivity index (χ0v) is 16.7. The zero-order valence-electron chi connectivity index (χ0n) is 16.0. The van der Waals surface area contributed by atoms with E-state index in [9.17, 15) is 14.4 Å². The number of imide groups is 1. The van der Waals surface area contributed by atoms with Crippen LogP contribution in [0.25, 0.3) is 11.1 Å². The van der Waals surface area contributed by atoms with Crippen LogP contribution in [-0.4, -0.2) is 33.9 Å². The summed E-state index contributed by atoms with van der Waals surface area (Å²) >= 11 is 6.35. The Morgan fingerprint density at radius 1 is 1.17 bits per heavy atom. The van der Waals surface area contributed by atoms with Gasteiger partial charge < -0.3 is 15.2 Å². The van der Waals surface area contributed by atoms with Gasteiger partial charge in [0, 0.05) is 19.4 Å². The van der Waals surface area contributed by atoms with Crippen LogP contribution in [-0.2, 0) is 17.4 Å². The van der Waals surface area contributed by atoms with Crippen LogP contribution in [0.1, 0.15) is 16.2 Å². The second-order valence-corrected chi connectivity index (χ2v) is 7.29. The Labute approximate surface area is 177 Å². The van der Waals surface area contributed by atoms with Crippen LogP contribution in [0.3, 0.4) is 0 Å². The third-order valence-corrected chi connectivity index (χ3v) is 5.30. The number of carbonyl (C=O) groups is 3. The predicted molar refractivity (Wildman–Crippen MR) is 111 cm³/mol. The Hall–Kier alpha value is -3.65. The molecule has 4 amide bonds. The van der Waals surface area contributed by atoms with E-state index in [2.05, 4.69) is 20.9 Å². The number of nitrogens with zero attached hydrogens (tertiary/aromatic N) is 2. The molecule has 9 heteroatoms. The molecule has 1 saturated heterocycles. The molecule has 1 aromatic heterocycles. The first-order valence-corrected chi connectivity index (χ1v) is 9.54. The second kappa shape index (κ2) is 7.64. The highest BCUT2D eigenvalue weighted by Crippen LogP contribution is 2.30. The van der Waals surface area contributed by atoms with Crippen molar-refractivity contribution in [3.05, 3.63) is 77.3 Å². The molecule has 0 saturated carbocycles. The van der Waals surface area contributed by atoms with E-state index in [1.54, 1.807) is 36.0 Å². The lowest BCUT2D eigenvalue weighted by Gasteiger charge is -2.26. The molecule has 3 aromatic rings. The highest BCUT2D eigenvalue weighted by Gasteiger charge is 2.50. The van der Waals surface area contributed by atoms with Crippen molar-refractivity contribution in [2.24, 2.45) is 7.05 Å². The number of imidazole rings is 1. The van der Waals surface area contributed by atoms with Crippen molar-refractivity contribution in [1.82, 2.24) is 25.5 Å². The molecule has 1 atom stereocenters. The fourth-order valence-electron chi connectivity index (χ4n) is 3.54. The summed E-state index contributed by atoms with van der Waals surface area (Å²) in [6.07, 6.45) is 3.16. The number of hydrogen-bond donors (Lipinski definition) is 3. The molecule has 0 radical (unpaired) electrons. The molecular formula is C21H18ClN5O3. The normalized spacial score (nSPS) is 18.1. The molecule has 0 spiro atoms. The quantitative estimate of drug-likeness (QED) is 0.547. The maximum absolute atomic E-state index is 13.1. The predicted octanol–water partition coefficient (Wildman–Crippen LogP) is 2.21. The lowest BCUT2D eigenvalue weighted by atomic mass is 9.96.